The quantitative estimate of drug-likeness (QED) is 0.609. The van der Waals surface area contributed by atoms with E-state index in [1.165, 1.54) is 0 Å². The van der Waals surface area contributed by atoms with Gasteiger partial charge in [0.25, 0.3) is 0 Å². The van der Waals surface area contributed by atoms with Crippen LogP contribution < -0.4 is 4.74 Å². The van der Waals surface area contributed by atoms with E-state index in [4.69, 9.17) is 9.47 Å². The molecule has 0 amide bonds. The second-order valence-corrected chi connectivity index (χ2v) is 4.31. The van der Waals surface area contributed by atoms with E-state index in [9.17, 15) is 5.11 Å². The molecule has 0 saturated heterocycles. The Morgan fingerprint density at radius 3 is 2.41 bits per heavy atom. The summed E-state index contributed by atoms with van der Waals surface area (Å²) < 4.78 is 10.4. The van der Waals surface area contributed by atoms with E-state index < -0.39 is 5.60 Å². The van der Waals surface area contributed by atoms with Gasteiger partial charge in [0.2, 0.25) is 0 Å². The Morgan fingerprint density at radius 1 is 1.24 bits per heavy atom. The molecular weight excluding hydrogens is 216 g/mol. The number of ether oxygens (including phenoxy) is 2. The molecule has 0 aliphatic heterocycles. The summed E-state index contributed by atoms with van der Waals surface area (Å²) in [6, 6.07) is 7.62. The number of benzene rings is 1. The zero-order valence-corrected chi connectivity index (χ0v) is 10.6. The minimum absolute atomic E-state index is 0.273. The first-order chi connectivity index (χ1) is 8.01. The predicted octanol–water partition coefficient (Wildman–Crippen LogP) is 2.84. The molecule has 0 radical (unpaired) electrons. The van der Waals surface area contributed by atoms with Crippen molar-refractivity contribution >= 4 is 6.08 Å². The second kappa shape index (κ2) is 6.42. The topological polar surface area (TPSA) is 38.7 Å². The molecule has 3 heteroatoms. The van der Waals surface area contributed by atoms with Crippen LogP contribution >= 0.6 is 0 Å². The van der Waals surface area contributed by atoms with Crippen LogP contribution in [0.4, 0.5) is 0 Å². The lowest BCUT2D eigenvalue weighted by Gasteiger charge is -2.10. The van der Waals surface area contributed by atoms with Gasteiger partial charge in [-0.15, -0.1) is 0 Å². The van der Waals surface area contributed by atoms with Crippen molar-refractivity contribution in [3.8, 4) is 5.75 Å². The van der Waals surface area contributed by atoms with Crippen LogP contribution in [-0.2, 0) is 4.74 Å². The second-order valence-electron chi connectivity index (χ2n) is 4.31. The smallest absolute Gasteiger partial charge is 0.189 e. The SMILES string of the molecule is CCOCOc1ccc(C=CC(C)(C)O)cc1. The van der Waals surface area contributed by atoms with Crippen LogP contribution in [-0.4, -0.2) is 24.1 Å². The molecule has 0 aliphatic rings. The molecule has 1 rings (SSSR count). The molecule has 0 spiro atoms. The molecule has 17 heavy (non-hydrogen) atoms. The predicted molar refractivity (Wildman–Crippen MR) is 68.9 cm³/mol. The zero-order chi connectivity index (χ0) is 12.7. The maximum atomic E-state index is 9.55. The fourth-order valence-electron chi connectivity index (χ4n) is 1.17. The zero-order valence-electron chi connectivity index (χ0n) is 10.6. The molecule has 3 nitrogen and oxygen atoms in total. The highest BCUT2D eigenvalue weighted by Crippen LogP contribution is 2.14. The Labute approximate surface area is 103 Å². The third kappa shape index (κ3) is 6.09. The number of rotatable bonds is 6. The molecule has 94 valence electrons. The van der Waals surface area contributed by atoms with Gasteiger partial charge in [0.15, 0.2) is 6.79 Å². The maximum absolute atomic E-state index is 9.55. The summed E-state index contributed by atoms with van der Waals surface area (Å²) in [4.78, 5) is 0. The van der Waals surface area contributed by atoms with Crippen LogP contribution in [0.3, 0.4) is 0 Å². The number of hydrogen-bond acceptors (Lipinski definition) is 3. The molecule has 0 saturated carbocycles. The van der Waals surface area contributed by atoms with E-state index in [1.807, 2.05) is 37.3 Å². The van der Waals surface area contributed by atoms with Gasteiger partial charge in [-0.05, 0) is 38.5 Å². The van der Waals surface area contributed by atoms with Gasteiger partial charge in [-0.2, -0.15) is 0 Å². The molecule has 0 bridgehead atoms. The molecule has 0 aliphatic carbocycles. The largest absolute Gasteiger partial charge is 0.468 e. The Morgan fingerprint density at radius 2 is 1.88 bits per heavy atom. The lowest BCUT2D eigenvalue weighted by atomic mass is 10.1. The Balaban J connectivity index is 2.53. The number of hydrogen-bond donors (Lipinski definition) is 1. The average molecular weight is 236 g/mol. The molecule has 1 N–H and O–H groups in total. The van der Waals surface area contributed by atoms with Crippen LogP contribution in [0, 0.1) is 0 Å². The minimum atomic E-state index is -0.788. The van der Waals surface area contributed by atoms with Gasteiger partial charge in [0.1, 0.15) is 5.75 Å². The minimum Gasteiger partial charge on any atom is -0.468 e. The summed E-state index contributed by atoms with van der Waals surface area (Å²) in [7, 11) is 0. The summed E-state index contributed by atoms with van der Waals surface area (Å²) in [6.07, 6.45) is 3.63. The van der Waals surface area contributed by atoms with E-state index >= 15 is 0 Å². The van der Waals surface area contributed by atoms with E-state index in [0.717, 1.165) is 11.3 Å². The highest BCUT2D eigenvalue weighted by atomic mass is 16.7. The van der Waals surface area contributed by atoms with Gasteiger partial charge in [-0.25, -0.2) is 0 Å². The molecule has 0 unspecified atom stereocenters. The monoisotopic (exact) mass is 236 g/mol. The maximum Gasteiger partial charge on any atom is 0.189 e. The van der Waals surface area contributed by atoms with E-state index in [-0.39, 0.29) is 6.79 Å². The van der Waals surface area contributed by atoms with Crippen molar-refractivity contribution in [3.63, 3.8) is 0 Å². The molecule has 0 fully saturated rings. The molecule has 1 aromatic rings. The van der Waals surface area contributed by atoms with Crippen LogP contribution in [0.15, 0.2) is 30.3 Å². The van der Waals surface area contributed by atoms with E-state index in [2.05, 4.69) is 0 Å². The fourth-order valence-corrected chi connectivity index (χ4v) is 1.17. The van der Waals surface area contributed by atoms with E-state index in [0.29, 0.717) is 6.61 Å². The molecule has 0 atom stereocenters. The van der Waals surface area contributed by atoms with Crippen molar-refractivity contribution in [1.82, 2.24) is 0 Å². The van der Waals surface area contributed by atoms with Crippen molar-refractivity contribution in [2.75, 3.05) is 13.4 Å². The lowest BCUT2D eigenvalue weighted by molar-refractivity contribution is 0.0224. The summed E-state index contributed by atoms with van der Waals surface area (Å²) in [5, 5.41) is 9.55. The lowest BCUT2D eigenvalue weighted by Crippen LogP contribution is -2.13. The van der Waals surface area contributed by atoms with Gasteiger partial charge in [-0.1, -0.05) is 24.3 Å². The molecule has 1 aromatic carbocycles. The standard InChI is InChI=1S/C14H20O3/c1-4-16-11-17-13-7-5-12(6-8-13)9-10-14(2,3)15/h5-10,15H,4,11H2,1-3H3. The molecule has 0 heterocycles. The van der Waals surface area contributed by atoms with Crippen LogP contribution in [0.5, 0.6) is 5.75 Å². The first kappa shape index (κ1) is 13.7. The van der Waals surface area contributed by atoms with Crippen molar-refractivity contribution < 1.29 is 14.6 Å². The van der Waals surface area contributed by atoms with Crippen LogP contribution in [0.1, 0.15) is 26.3 Å². The normalized spacial score (nSPS) is 12.0. The van der Waals surface area contributed by atoms with Gasteiger partial charge < -0.3 is 14.6 Å². The van der Waals surface area contributed by atoms with Crippen molar-refractivity contribution in [2.24, 2.45) is 0 Å². The highest BCUT2D eigenvalue weighted by Gasteiger charge is 2.05. The first-order valence-electron chi connectivity index (χ1n) is 5.73. The third-order valence-electron chi connectivity index (χ3n) is 2.08. The third-order valence-corrected chi connectivity index (χ3v) is 2.08. The van der Waals surface area contributed by atoms with Gasteiger partial charge in [0.05, 0.1) is 5.60 Å². The van der Waals surface area contributed by atoms with Crippen molar-refractivity contribution in [2.45, 2.75) is 26.4 Å². The Hall–Kier alpha value is -1.32. The average Bonchev–Trinajstić information content (AvgIpc) is 2.27. The van der Waals surface area contributed by atoms with Crippen molar-refractivity contribution in [3.05, 3.63) is 35.9 Å². The summed E-state index contributed by atoms with van der Waals surface area (Å²) >= 11 is 0. The molecule has 0 aromatic heterocycles. The summed E-state index contributed by atoms with van der Waals surface area (Å²) in [5.74, 6) is 0.777. The summed E-state index contributed by atoms with van der Waals surface area (Å²) in [6.45, 7) is 6.32. The van der Waals surface area contributed by atoms with E-state index in [1.54, 1.807) is 19.9 Å². The Bertz CT molecular complexity index is 347. The van der Waals surface area contributed by atoms with Crippen LogP contribution in [0.2, 0.25) is 0 Å². The Kier molecular flexibility index (Phi) is 5.19. The van der Waals surface area contributed by atoms with Crippen molar-refractivity contribution in [1.29, 1.82) is 0 Å². The highest BCUT2D eigenvalue weighted by molar-refractivity contribution is 5.51. The summed E-state index contributed by atoms with van der Waals surface area (Å²) in [5.41, 5.74) is 0.236. The molecular formula is C14H20O3. The fraction of sp³-hybridized carbons (Fsp3) is 0.429. The van der Waals surface area contributed by atoms with Gasteiger partial charge in [-0.3, -0.25) is 0 Å². The number of aliphatic hydroxyl groups is 1. The van der Waals surface area contributed by atoms with Crippen LogP contribution in [0.25, 0.3) is 6.08 Å². The van der Waals surface area contributed by atoms with Gasteiger partial charge >= 0.3 is 0 Å². The van der Waals surface area contributed by atoms with Gasteiger partial charge in [0, 0.05) is 6.61 Å². The first-order valence-corrected chi connectivity index (χ1v) is 5.73.